The summed E-state index contributed by atoms with van der Waals surface area (Å²) in [5, 5.41) is 0.546. The van der Waals surface area contributed by atoms with Crippen molar-refractivity contribution in [3.8, 4) is 0 Å². The average Bonchev–Trinajstić information content (AvgIpc) is 2.74. The number of likely N-dealkylation sites (N-methyl/N-ethyl adjacent to an activating group) is 1. The minimum atomic E-state index is -0.806. The molecule has 0 aromatic heterocycles. The molecule has 2 nitrogen and oxygen atoms in total. The molecular weight excluding hydrogens is 416 g/mol. The number of allylic oxidation sites excluding steroid dienone is 1. The zero-order valence-corrected chi connectivity index (χ0v) is 17.9. The van der Waals surface area contributed by atoms with Crippen LogP contribution in [-0.4, -0.2) is 24.3 Å². The summed E-state index contributed by atoms with van der Waals surface area (Å²) in [6.45, 7) is 4.87. The molecular formula is C26H22ClF2NO. The Labute approximate surface area is 186 Å². The molecule has 0 aliphatic rings. The molecule has 0 aliphatic heterocycles. The summed E-state index contributed by atoms with van der Waals surface area (Å²) in [6.07, 6.45) is 1.57. The Balaban J connectivity index is 1.88. The third kappa shape index (κ3) is 6.20. The van der Waals surface area contributed by atoms with Crippen molar-refractivity contribution in [2.75, 3.05) is 13.6 Å². The van der Waals surface area contributed by atoms with Crippen molar-refractivity contribution in [1.82, 2.24) is 4.90 Å². The van der Waals surface area contributed by atoms with Crippen molar-refractivity contribution in [3.05, 3.63) is 118 Å². The third-order valence-corrected chi connectivity index (χ3v) is 4.98. The predicted octanol–water partition coefficient (Wildman–Crippen LogP) is 6.42. The summed E-state index contributed by atoms with van der Waals surface area (Å²) in [4.78, 5) is 15.2. The number of nitrogens with zero attached hydrogens (tertiary/aromatic N) is 1. The maximum absolute atomic E-state index is 14.5. The summed E-state index contributed by atoms with van der Waals surface area (Å²) in [6, 6.07) is 19.8. The van der Waals surface area contributed by atoms with Gasteiger partial charge in [0.05, 0.1) is 0 Å². The Morgan fingerprint density at radius 3 is 2.35 bits per heavy atom. The fourth-order valence-electron chi connectivity index (χ4n) is 3.24. The molecule has 0 radical (unpaired) electrons. The molecule has 0 unspecified atom stereocenters. The van der Waals surface area contributed by atoms with Gasteiger partial charge in [0, 0.05) is 40.9 Å². The van der Waals surface area contributed by atoms with E-state index in [1.54, 1.807) is 30.3 Å². The number of halogens is 3. The summed E-state index contributed by atoms with van der Waals surface area (Å²) in [5.41, 5.74) is 2.21. The monoisotopic (exact) mass is 437 g/mol. The first-order chi connectivity index (χ1) is 14.8. The van der Waals surface area contributed by atoms with Crippen LogP contribution in [0.15, 0.2) is 84.9 Å². The van der Waals surface area contributed by atoms with Crippen molar-refractivity contribution in [3.63, 3.8) is 0 Å². The SMILES string of the molecule is C=C(CN(C)Cc1ccccc1)C(=O)/C(=C/c1ccc(Cl)cc1)c1ccc(F)cc1F. The van der Waals surface area contributed by atoms with Crippen LogP contribution in [0.3, 0.4) is 0 Å². The largest absolute Gasteiger partial charge is 0.298 e. The summed E-state index contributed by atoms with van der Waals surface area (Å²) in [5.74, 6) is -1.92. The van der Waals surface area contributed by atoms with Crippen LogP contribution in [0, 0.1) is 11.6 Å². The Bertz CT molecular complexity index is 1110. The Hall–Kier alpha value is -3.08. The second kappa shape index (κ2) is 10.3. The summed E-state index contributed by atoms with van der Waals surface area (Å²) < 4.78 is 28.0. The number of carbonyl (C=O) groups excluding carboxylic acids is 1. The van der Waals surface area contributed by atoms with E-state index >= 15 is 0 Å². The van der Waals surface area contributed by atoms with E-state index in [9.17, 15) is 13.6 Å². The van der Waals surface area contributed by atoms with Crippen LogP contribution >= 0.6 is 11.6 Å². The van der Waals surface area contributed by atoms with Gasteiger partial charge in [-0.15, -0.1) is 0 Å². The molecule has 0 N–H and O–H groups in total. The van der Waals surface area contributed by atoms with Crippen molar-refractivity contribution in [2.24, 2.45) is 0 Å². The van der Waals surface area contributed by atoms with Crippen molar-refractivity contribution >= 4 is 29.0 Å². The average molecular weight is 438 g/mol. The first kappa shape index (κ1) is 22.6. The number of Topliss-reactive ketones (excluding diaryl/α,β-unsaturated/α-hetero) is 1. The molecule has 3 rings (SSSR count). The van der Waals surface area contributed by atoms with Crippen molar-refractivity contribution in [1.29, 1.82) is 0 Å². The molecule has 0 atom stereocenters. The third-order valence-electron chi connectivity index (χ3n) is 4.72. The maximum Gasteiger partial charge on any atom is 0.190 e. The van der Waals surface area contributed by atoms with Gasteiger partial charge in [-0.25, -0.2) is 8.78 Å². The molecule has 0 heterocycles. The van der Waals surface area contributed by atoms with E-state index in [0.29, 0.717) is 29.2 Å². The van der Waals surface area contributed by atoms with Gasteiger partial charge < -0.3 is 0 Å². The Kier molecular flexibility index (Phi) is 7.50. The molecule has 5 heteroatoms. The Morgan fingerprint density at radius 2 is 1.71 bits per heavy atom. The van der Waals surface area contributed by atoms with Gasteiger partial charge in [0.1, 0.15) is 11.6 Å². The van der Waals surface area contributed by atoms with E-state index < -0.39 is 17.4 Å². The molecule has 0 spiro atoms. The van der Waals surface area contributed by atoms with Crippen LogP contribution in [0.25, 0.3) is 11.6 Å². The number of ketones is 1. The summed E-state index contributed by atoms with van der Waals surface area (Å²) in [7, 11) is 1.88. The maximum atomic E-state index is 14.5. The molecule has 0 fully saturated rings. The van der Waals surface area contributed by atoms with E-state index in [1.807, 2.05) is 42.3 Å². The number of hydrogen-bond donors (Lipinski definition) is 0. The van der Waals surface area contributed by atoms with E-state index in [-0.39, 0.29) is 11.1 Å². The first-order valence-corrected chi connectivity index (χ1v) is 10.1. The fraction of sp³-hybridized carbons (Fsp3) is 0.115. The smallest absolute Gasteiger partial charge is 0.190 e. The minimum Gasteiger partial charge on any atom is -0.298 e. The number of carbonyl (C=O) groups is 1. The number of hydrogen-bond acceptors (Lipinski definition) is 2. The highest BCUT2D eigenvalue weighted by Crippen LogP contribution is 2.26. The van der Waals surface area contributed by atoms with Crippen LogP contribution in [-0.2, 0) is 11.3 Å². The van der Waals surface area contributed by atoms with E-state index in [2.05, 4.69) is 6.58 Å². The van der Waals surface area contributed by atoms with Gasteiger partial charge in [-0.1, -0.05) is 60.6 Å². The van der Waals surface area contributed by atoms with E-state index in [0.717, 1.165) is 17.7 Å². The van der Waals surface area contributed by atoms with Gasteiger partial charge >= 0.3 is 0 Å². The highest BCUT2D eigenvalue weighted by molar-refractivity contribution is 6.32. The van der Waals surface area contributed by atoms with Crippen LogP contribution < -0.4 is 0 Å². The standard InChI is InChI=1S/C26H22ClF2NO/c1-18(16-30(2)17-20-6-4-3-5-7-20)26(31)24(14-19-8-10-21(27)11-9-19)23-13-12-22(28)15-25(23)29/h3-15H,1,16-17H2,2H3/b24-14+. The van der Waals surface area contributed by atoms with Gasteiger partial charge in [-0.3, -0.25) is 9.69 Å². The van der Waals surface area contributed by atoms with Gasteiger partial charge in [0.2, 0.25) is 0 Å². The molecule has 3 aromatic carbocycles. The predicted molar refractivity (Wildman–Crippen MR) is 123 cm³/mol. The highest BCUT2D eigenvalue weighted by atomic mass is 35.5. The van der Waals surface area contributed by atoms with E-state index in [1.165, 1.54) is 6.07 Å². The van der Waals surface area contributed by atoms with Gasteiger partial charge in [-0.05, 0) is 48.5 Å². The van der Waals surface area contributed by atoms with Crippen molar-refractivity contribution in [2.45, 2.75) is 6.54 Å². The van der Waals surface area contributed by atoms with Crippen LogP contribution in [0.4, 0.5) is 8.78 Å². The van der Waals surface area contributed by atoms with Crippen LogP contribution in [0.2, 0.25) is 5.02 Å². The highest BCUT2D eigenvalue weighted by Gasteiger charge is 2.20. The topological polar surface area (TPSA) is 20.3 Å². The molecule has 3 aromatic rings. The zero-order chi connectivity index (χ0) is 22.4. The lowest BCUT2D eigenvalue weighted by Crippen LogP contribution is -2.24. The number of rotatable bonds is 8. The van der Waals surface area contributed by atoms with Crippen LogP contribution in [0.5, 0.6) is 0 Å². The minimum absolute atomic E-state index is 0.0215. The number of benzene rings is 3. The zero-order valence-electron chi connectivity index (χ0n) is 17.1. The second-order valence-corrected chi connectivity index (χ2v) is 7.76. The lowest BCUT2D eigenvalue weighted by Gasteiger charge is -2.19. The van der Waals surface area contributed by atoms with Gasteiger partial charge in [0.25, 0.3) is 0 Å². The van der Waals surface area contributed by atoms with Gasteiger partial charge in [-0.2, -0.15) is 0 Å². The molecule has 0 amide bonds. The fourth-order valence-corrected chi connectivity index (χ4v) is 3.36. The van der Waals surface area contributed by atoms with Crippen LogP contribution in [0.1, 0.15) is 16.7 Å². The quantitative estimate of drug-likeness (QED) is 0.299. The van der Waals surface area contributed by atoms with Crippen molar-refractivity contribution < 1.29 is 13.6 Å². The lowest BCUT2D eigenvalue weighted by molar-refractivity contribution is -0.110. The molecule has 158 valence electrons. The molecule has 31 heavy (non-hydrogen) atoms. The molecule has 0 saturated heterocycles. The second-order valence-electron chi connectivity index (χ2n) is 7.32. The Morgan fingerprint density at radius 1 is 1.03 bits per heavy atom. The molecule has 0 aliphatic carbocycles. The summed E-state index contributed by atoms with van der Waals surface area (Å²) >= 11 is 5.94. The molecule has 0 saturated carbocycles. The first-order valence-electron chi connectivity index (χ1n) is 9.71. The lowest BCUT2D eigenvalue weighted by atomic mass is 9.94. The normalized spacial score (nSPS) is 11.6. The molecule has 0 bridgehead atoms. The van der Waals surface area contributed by atoms with Gasteiger partial charge in [0.15, 0.2) is 5.78 Å². The van der Waals surface area contributed by atoms with E-state index in [4.69, 9.17) is 11.6 Å².